The van der Waals surface area contributed by atoms with Crippen molar-refractivity contribution < 1.29 is 9.53 Å². The van der Waals surface area contributed by atoms with Gasteiger partial charge < -0.3 is 4.74 Å². The van der Waals surface area contributed by atoms with Crippen molar-refractivity contribution in [3.63, 3.8) is 0 Å². The molecule has 4 heteroatoms. The van der Waals surface area contributed by atoms with E-state index in [1.54, 1.807) is 32.2 Å². The molecule has 1 aliphatic carbocycles. The van der Waals surface area contributed by atoms with Crippen LogP contribution < -0.4 is 0 Å². The molecule has 0 radical (unpaired) electrons. The van der Waals surface area contributed by atoms with Crippen LogP contribution in [-0.4, -0.2) is 23.5 Å². The predicted octanol–water partition coefficient (Wildman–Crippen LogP) is 4.39. The van der Waals surface area contributed by atoms with Gasteiger partial charge in [0, 0.05) is 17.6 Å². The molecular formula is C18H21NO2S. The fourth-order valence-corrected chi connectivity index (χ4v) is 3.08. The molecule has 1 N–H and O–H groups in total. The van der Waals surface area contributed by atoms with Gasteiger partial charge in [-0.1, -0.05) is 55.8 Å². The first kappa shape index (κ1) is 18.2. The lowest BCUT2D eigenvalue weighted by Crippen LogP contribution is -2.23. The first-order valence-electron chi connectivity index (χ1n) is 7.13. The number of allylic oxidation sites excluding steroid dienone is 1. The number of benzene rings is 1. The van der Waals surface area contributed by atoms with Gasteiger partial charge in [0.1, 0.15) is 5.71 Å². The number of thioether (sulfide) groups is 1. The first-order valence-corrected chi connectivity index (χ1v) is 7.95. The lowest BCUT2D eigenvalue weighted by atomic mass is 9.95. The molecule has 1 atom stereocenters. The number of methoxy groups -OCH3 is 1. The Labute approximate surface area is 136 Å². The molecule has 1 aliphatic rings. The molecule has 0 amide bonds. The van der Waals surface area contributed by atoms with E-state index in [0.29, 0.717) is 5.56 Å². The maximum absolute atomic E-state index is 12.0. The van der Waals surface area contributed by atoms with Gasteiger partial charge in [0.15, 0.2) is 4.93 Å². The highest BCUT2D eigenvalue weighted by molar-refractivity contribution is 8.09. The molecule has 22 heavy (non-hydrogen) atoms. The van der Waals surface area contributed by atoms with E-state index in [2.05, 4.69) is 11.8 Å². The van der Waals surface area contributed by atoms with E-state index in [0.717, 1.165) is 10.5 Å². The van der Waals surface area contributed by atoms with Gasteiger partial charge in [0.05, 0.1) is 0 Å². The van der Waals surface area contributed by atoms with Gasteiger partial charge >= 0.3 is 0 Å². The summed E-state index contributed by atoms with van der Waals surface area (Å²) in [5.41, 5.74) is 1.39. The van der Waals surface area contributed by atoms with Crippen LogP contribution in [0.25, 0.3) is 4.91 Å². The summed E-state index contributed by atoms with van der Waals surface area (Å²) in [4.78, 5) is 12.1. The van der Waals surface area contributed by atoms with Crippen LogP contribution in [0.3, 0.4) is 0 Å². The molecule has 1 aromatic carbocycles. The van der Waals surface area contributed by atoms with Gasteiger partial charge in [0.25, 0.3) is 0 Å². The molecule has 1 unspecified atom stereocenters. The summed E-state index contributed by atoms with van der Waals surface area (Å²) in [6.45, 7) is 7.63. The van der Waals surface area contributed by atoms with Crippen LogP contribution in [0.15, 0.2) is 30.3 Å². The maximum atomic E-state index is 12.0. The molecule has 0 spiro atoms. The molecule has 1 aromatic rings. The van der Waals surface area contributed by atoms with E-state index in [1.165, 1.54) is 11.8 Å². The predicted molar refractivity (Wildman–Crippen MR) is 94.3 cm³/mol. The van der Waals surface area contributed by atoms with Gasteiger partial charge in [-0.3, -0.25) is 10.2 Å². The zero-order valence-electron chi connectivity index (χ0n) is 13.6. The van der Waals surface area contributed by atoms with Gasteiger partial charge in [-0.2, -0.15) is 0 Å². The SMILES string of the molecule is CC.CC#CC(C)(OC)SC1=CC(=N)C(=O)c2ccccc21. The zero-order chi connectivity index (χ0) is 16.8. The van der Waals surface area contributed by atoms with Crippen molar-refractivity contribution in [2.75, 3.05) is 7.11 Å². The minimum absolute atomic E-state index is 0.00545. The van der Waals surface area contributed by atoms with Gasteiger partial charge in [0.2, 0.25) is 5.78 Å². The van der Waals surface area contributed by atoms with E-state index in [4.69, 9.17) is 10.1 Å². The number of Topliss-reactive ketones (excluding diaryl/α,β-unsaturated/α-hetero) is 1. The Morgan fingerprint density at radius 1 is 1.23 bits per heavy atom. The quantitative estimate of drug-likeness (QED) is 0.665. The maximum Gasteiger partial charge on any atom is 0.211 e. The molecule has 0 saturated heterocycles. The van der Waals surface area contributed by atoms with Crippen molar-refractivity contribution >= 4 is 28.2 Å². The van der Waals surface area contributed by atoms with Crippen LogP contribution in [0.1, 0.15) is 43.6 Å². The first-order chi connectivity index (χ1) is 10.5. The highest BCUT2D eigenvalue weighted by Gasteiger charge is 2.29. The van der Waals surface area contributed by atoms with Gasteiger partial charge in [-0.05, 0) is 25.5 Å². The molecule has 116 valence electrons. The number of carbonyl (C=O) groups is 1. The van der Waals surface area contributed by atoms with Crippen molar-refractivity contribution in [1.82, 2.24) is 0 Å². The number of ketones is 1. The highest BCUT2D eigenvalue weighted by Crippen LogP contribution is 2.41. The van der Waals surface area contributed by atoms with Gasteiger partial charge in [-0.15, -0.1) is 5.92 Å². The number of hydrogen-bond donors (Lipinski definition) is 1. The Balaban J connectivity index is 0.00000116. The second-order valence-electron chi connectivity index (χ2n) is 4.42. The van der Waals surface area contributed by atoms with E-state index < -0.39 is 4.93 Å². The summed E-state index contributed by atoms with van der Waals surface area (Å²) in [5, 5.41) is 7.81. The summed E-state index contributed by atoms with van der Waals surface area (Å²) in [7, 11) is 1.60. The van der Waals surface area contributed by atoms with E-state index >= 15 is 0 Å². The minimum Gasteiger partial charge on any atom is -0.356 e. The molecule has 0 aliphatic heterocycles. The third-order valence-corrected chi connectivity index (χ3v) is 4.22. The van der Waals surface area contributed by atoms with Crippen molar-refractivity contribution in [2.24, 2.45) is 0 Å². The number of carbonyl (C=O) groups excluding carboxylic acids is 1. The standard InChI is InChI=1S/C16H15NO2S.C2H6/c1-4-9-16(2,19-3)20-14-10-13(17)15(18)12-8-6-5-7-11(12)14;1-2/h5-8,10,17H,1-3H3;1-2H3. The average Bonchev–Trinajstić information content (AvgIpc) is 2.54. The fraction of sp³-hybridized carbons (Fsp3) is 0.333. The number of rotatable bonds is 3. The second-order valence-corrected chi connectivity index (χ2v) is 5.85. The number of nitrogens with one attached hydrogen (secondary N) is 1. The van der Waals surface area contributed by atoms with E-state index in [9.17, 15) is 4.79 Å². The summed E-state index contributed by atoms with van der Waals surface area (Å²) in [6.07, 6.45) is 1.59. The third-order valence-electron chi connectivity index (χ3n) is 3.00. The zero-order valence-corrected chi connectivity index (χ0v) is 14.4. The van der Waals surface area contributed by atoms with Gasteiger partial charge in [-0.25, -0.2) is 0 Å². The Morgan fingerprint density at radius 2 is 1.82 bits per heavy atom. The summed E-state index contributed by atoms with van der Waals surface area (Å²) in [6, 6.07) is 7.31. The molecule has 0 saturated carbocycles. The normalized spacial score (nSPS) is 15.4. The molecule has 0 aromatic heterocycles. The van der Waals surface area contributed by atoms with Crippen LogP contribution in [0.5, 0.6) is 0 Å². The van der Waals surface area contributed by atoms with E-state index in [1.807, 2.05) is 32.9 Å². The van der Waals surface area contributed by atoms with Crippen molar-refractivity contribution in [1.29, 1.82) is 5.41 Å². The lowest BCUT2D eigenvalue weighted by Gasteiger charge is -2.25. The molecule has 0 bridgehead atoms. The molecule has 0 heterocycles. The van der Waals surface area contributed by atoms with Crippen LogP contribution in [0.2, 0.25) is 0 Å². The highest BCUT2D eigenvalue weighted by atomic mass is 32.2. The second kappa shape index (κ2) is 7.98. The molecule has 0 fully saturated rings. The Morgan fingerprint density at radius 3 is 2.36 bits per heavy atom. The van der Waals surface area contributed by atoms with E-state index in [-0.39, 0.29) is 11.5 Å². The van der Waals surface area contributed by atoms with Crippen molar-refractivity contribution in [2.45, 2.75) is 32.6 Å². The third kappa shape index (κ3) is 3.88. The fourth-order valence-electron chi connectivity index (χ4n) is 1.96. The van der Waals surface area contributed by atoms with Crippen LogP contribution in [0.4, 0.5) is 0 Å². The summed E-state index contributed by atoms with van der Waals surface area (Å²) in [5.74, 6) is 5.61. The summed E-state index contributed by atoms with van der Waals surface area (Å²) >= 11 is 1.41. The summed E-state index contributed by atoms with van der Waals surface area (Å²) < 4.78 is 5.45. The lowest BCUT2D eigenvalue weighted by molar-refractivity contribution is 0.106. The Bertz CT molecular complexity index is 667. The molecule has 3 nitrogen and oxygen atoms in total. The van der Waals surface area contributed by atoms with Crippen molar-refractivity contribution in [3.8, 4) is 11.8 Å². The number of hydrogen-bond acceptors (Lipinski definition) is 4. The monoisotopic (exact) mass is 315 g/mol. The van der Waals surface area contributed by atoms with Crippen LogP contribution in [-0.2, 0) is 4.74 Å². The Kier molecular flexibility index (Phi) is 6.61. The number of ether oxygens (including phenoxy) is 1. The largest absolute Gasteiger partial charge is 0.356 e. The number of fused-ring (bicyclic) bond motifs is 1. The van der Waals surface area contributed by atoms with Crippen LogP contribution in [0, 0.1) is 17.3 Å². The molecular weight excluding hydrogens is 294 g/mol. The topological polar surface area (TPSA) is 50.1 Å². The Hall–Kier alpha value is -1.83. The smallest absolute Gasteiger partial charge is 0.211 e. The minimum atomic E-state index is -0.700. The van der Waals surface area contributed by atoms with Crippen LogP contribution >= 0.6 is 11.8 Å². The average molecular weight is 315 g/mol. The molecule has 2 rings (SSSR count). The van der Waals surface area contributed by atoms with Crippen molar-refractivity contribution in [3.05, 3.63) is 41.5 Å².